The summed E-state index contributed by atoms with van der Waals surface area (Å²) in [5, 5.41) is 3.83. The lowest BCUT2D eigenvalue weighted by Crippen LogP contribution is -2.14. The van der Waals surface area contributed by atoms with Crippen LogP contribution in [0.4, 0.5) is 5.13 Å². The summed E-state index contributed by atoms with van der Waals surface area (Å²) >= 11 is 2.43. The number of aryl methyl sites for hydroxylation is 1. The standard InChI is InChI=1S/C20H22N4O4S2/c1-5-28-18(26)17-12(2)22-19(30-17)23-16(25)11-29-20-21-10-15(24(20)3)13-6-8-14(27-4)9-7-13/h6-10H,5,11H2,1-4H3,(H,22,23,25). The molecule has 158 valence electrons. The molecule has 2 aromatic heterocycles. The molecule has 3 rings (SSSR count). The molecule has 0 aliphatic carbocycles. The number of thiazole rings is 1. The predicted molar refractivity (Wildman–Crippen MR) is 117 cm³/mol. The SMILES string of the molecule is CCOC(=O)c1sc(NC(=O)CSc2ncc(-c3ccc(OC)cc3)n2C)nc1C. The Kier molecular flexibility index (Phi) is 7.11. The van der Waals surface area contributed by atoms with E-state index in [1.807, 2.05) is 35.9 Å². The van der Waals surface area contributed by atoms with E-state index in [1.165, 1.54) is 11.8 Å². The molecule has 0 saturated heterocycles. The average molecular weight is 447 g/mol. The van der Waals surface area contributed by atoms with Crippen molar-refractivity contribution in [3.8, 4) is 17.0 Å². The number of esters is 1. The van der Waals surface area contributed by atoms with Gasteiger partial charge in [0.2, 0.25) is 5.91 Å². The fourth-order valence-electron chi connectivity index (χ4n) is 2.68. The van der Waals surface area contributed by atoms with E-state index >= 15 is 0 Å². The third-order valence-corrected chi connectivity index (χ3v) is 6.26. The third-order valence-electron chi connectivity index (χ3n) is 4.17. The maximum absolute atomic E-state index is 12.3. The van der Waals surface area contributed by atoms with Crippen LogP contribution in [-0.4, -0.2) is 45.9 Å². The van der Waals surface area contributed by atoms with Gasteiger partial charge in [-0.3, -0.25) is 4.79 Å². The van der Waals surface area contributed by atoms with Gasteiger partial charge in [0.15, 0.2) is 10.3 Å². The Labute approximate surface area is 182 Å². The topological polar surface area (TPSA) is 95.3 Å². The largest absolute Gasteiger partial charge is 0.497 e. The number of rotatable bonds is 8. The Bertz CT molecular complexity index is 1040. The summed E-state index contributed by atoms with van der Waals surface area (Å²) in [5.74, 6) is 0.302. The minimum Gasteiger partial charge on any atom is -0.497 e. The van der Waals surface area contributed by atoms with Gasteiger partial charge in [0.25, 0.3) is 0 Å². The van der Waals surface area contributed by atoms with E-state index in [1.54, 1.807) is 27.2 Å². The second-order valence-electron chi connectivity index (χ2n) is 6.20. The molecule has 0 spiro atoms. The number of imidazole rings is 1. The van der Waals surface area contributed by atoms with Crippen molar-refractivity contribution in [1.29, 1.82) is 0 Å². The molecule has 0 bridgehead atoms. The molecule has 0 aliphatic rings. The molecule has 0 saturated carbocycles. The summed E-state index contributed by atoms with van der Waals surface area (Å²) in [6, 6.07) is 7.71. The quantitative estimate of drug-likeness (QED) is 0.416. The molecule has 30 heavy (non-hydrogen) atoms. The van der Waals surface area contributed by atoms with Crippen molar-refractivity contribution < 1.29 is 19.1 Å². The monoisotopic (exact) mass is 446 g/mol. The first-order valence-electron chi connectivity index (χ1n) is 9.16. The number of hydrogen-bond acceptors (Lipinski definition) is 8. The summed E-state index contributed by atoms with van der Waals surface area (Å²) in [6.07, 6.45) is 1.78. The molecule has 1 N–H and O–H groups in total. The number of carbonyl (C=O) groups excluding carboxylic acids is 2. The van der Waals surface area contributed by atoms with Crippen molar-refractivity contribution in [3.63, 3.8) is 0 Å². The zero-order valence-electron chi connectivity index (χ0n) is 17.1. The lowest BCUT2D eigenvalue weighted by molar-refractivity contribution is -0.113. The van der Waals surface area contributed by atoms with Crippen LogP contribution in [0.25, 0.3) is 11.3 Å². The minimum absolute atomic E-state index is 0.167. The summed E-state index contributed by atoms with van der Waals surface area (Å²) in [6.45, 7) is 3.74. The molecule has 2 heterocycles. The van der Waals surface area contributed by atoms with Crippen LogP contribution in [0.15, 0.2) is 35.6 Å². The van der Waals surface area contributed by atoms with E-state index in [2.05, 4.69) is 15.3 Å². The number of nitrogens with one attached hydrogen (secondary N) is 1. The van der Waals surface area contributed by atoms with E-state index in [0.717, 1.165) is 33.5 Å². The second-order valence-corrected chi connectivity index (χ2v) is 8.15. The van der Waals surface area contributed by atoms with E-state index < -0.39 is 5.97 Å². The third kappa shape index (κ3) is 5.00. The maximum atomic E-state index is 12.3. The van der Waals surface area contributed by atoms with E-state index in [-0.39, 0.29) is 18.3 Å². The molecule has 10 heteroatoms. The number of amides is 1. The van der Waals surface area contributed by atoms with Crippen LogP contribution < -0.4 is 10.1 Å². The first-order chi connectivity index (χ1) is 14.4. The van der Waals surface area contributed by atoms with Crippen LogP contribution in [0.3, 0.4) is 0 Å². The highest BCUT2D eigenvalue weighted by Gasteiger charge is 2.18. The Morgan fingerprint density at radius 3 is 2.67 bits per heavy atom. The molecule has 1 amide bonds. The van der Waals surface area contributed by atoms with Crippen LogP contribution in [0.5, 0.6) is 5.75 Å². The average Bonchev–Trinajstić information content (AvgIpc) is 3.28. The molecule has 3 aromatic rings. The molecular formula is C20H22N4O4S2. The van der Waals surface area contributed by atoms with Crippen molar-refractivity contribution in [2.75, 3.05) is 24.8 Å². The number of aromatic nitrogens is 3. The van der Waals surface area contributed by atoms with E-state index in [4.69, 9.17) is 9.47 Å². The van der Waals surface area contributed by atoms with Crippen LogP contribution in [0.1, 0.15) is 22.3 Å². The van der Waals surface area contributed by atoms with Gasteiger partial charge < -0.3 is 19.4 Å². The van der Waals surface area contributed by atoms with Crippen molar-refractivity contribution in [2.45, 2.75) is 19.0 Å². The number of carbonyl (C=O) groups is 2. The van der Waals surface area contributed by atoms with Gasteiger partial charge in [-0.05, 0) is 38.1 Å². The lowest BCUT2D eigenvalue weighted by Gasteiger charge is -2.07. The van der Waals surface area contributed by atoms with Gasteiger partial charge in [0.1, 0.15) is 10.6 Å². The number of ether oxygens (including phenoxy) is 2. The zero-order valence-corrected chi connectivity index (χ0v) is 18.7. The van der Waals surface area contributed by atoms with Crippen molar-refractivity contribution in [2.24, 2.45) is 7.05 Å². The summed E-state index contributed by atoms with van der Waals surface area (Å²) < 4.78 is 12.1. The van der Waals surface area contributed by atoms with Crippen molar-refractivity contribution in [3.05, 3.63) is 41.0 Å². The second kappa shape index (κ2) is 9.77. The molecule has 0 radical (unpaired) electrons. The fraction of sp³-hybridized carbons (Fsp3) is 0.300. The highest BCUT2D eigenvalue weighted by atomic mass is 32.2. The van der Waals surface area contributed by atoms with Crippen LogP contribution in [-0.2, 0) is 16.6 Å². The molecular weight excluding hydrogens is 424 g/mol. The molecule has 0 fully saturated rings. The molecule has 0 unspecified atom stereocenters. The smallest absolute Gasteiger partial charge is 0.350 e. The highest BCUT2D eigenvalue weighted by molar-refractivity contribution is 7.99. The van der Waals surface area contributed by atoms with Crippen LogP contribution in [0, 0.1) is 6.92 Å². The lowest BCUT2D eigenvalue weighted by atomic mass is 10.1. The first-order valence-corrected chi connectivity index (χ1v) is 11.0. The molecule has 0 atom stereocenters. The number of thioether (sulfide) groups is 1. The number of nitrogens with zero attached hydrogens (tertiary/aromatic N) is 3. The van der Waals surface area contributed by atoms with Crippen molar-refractivity contribution >= 4 is 40.1 Å². The molecule has 1 aromatic carbocycles. The van der Waals surface area contributed by atoms with Gasteiger partial charge in [0.05, 0.1) is 37.1 Å². The Morgan fingerprint density at radius 2 is 2.00 bits per heavy atom. The maximum Gasteiger partial charge on any atom is 0.350 e. The van der Waals surface area contributed by atoms with Gasteiger partial charge in [-0.2, -0.15) is 0 Å². The summed E-state index contributed by atoms with van der Waals surface area (Å²) in [5.41, 5.74) is 2.48. The van der Waals surface area contributed by atoms with Crippen LogP contribution in [0.2, 0.25) is 0 Å². The number of methoxy groups -OCH3 is 1. The number of anilines is 1. The first kappa shape index (κ1) is 21.8. The van der Waals surface area contributed by atoms with Gasteiger partial charge >= 0.3 is 5.97 Å². The van der Waals surface area contributed by atoms with Gasteiger partial charge in [0, 0.05) is 12.6 Å². The summed E-state index contributed by atoms with van der Waals surface area (Å²) in [4.78, 5) is 33.3. The molecule has 0 aliphatic heterocycles. The fourth-order valence-corrected chi connectivity index (χ4v) is 4.31. The number of benzene rings is 1. The Morgan fingerprint density at radius 1 is 1.27 bits per heavy atom. The molecule has 8 nitrogen and oxygen atoms in total. The van der Waals surface area contributed by atoms with Gasteiger partial charge in [-0.1, -0.05) is 23.1 Å². The minimum atomic E-state index is -0.429. The van der Waals surface area contributed by atoms with Crippen LogP contribution >= 0.6 is 23.1 Å². The number of hydrogen-bond donors (Lipinski definition) is 1. The van der Waals surface area contributed by atoms with Crippen molar-refractivity contribution in [1.82, 2.24) is 14.5 Å². The normalized spacial score (nSPS) is 10.7. The van der Waals surface area contributed by atoms with E-state index in [0.29, 0.717) is 15.7 Å². The Balaban J connectivity index is 1.61. The van der Waals surface area contributed by atoms with Gasteiger partial charge in [-0.15, -0.1) is 0 Å². The highest BCUT2D eigenvalue weighted by Crippen LogP contribution is 2.27. The van der Waals surface area contributed by atoms with Gasteiger partial charge in [-0.25, -0.2) is 14.8 Å². The predicted octanol–water partition coefficient (Wildman–Crippen LogP) is 3.77. The Hall–Kier alpha value is -2.85. The van der Waals surface area contributed by atoms with E-state index in [9.17, 15) is 9.59 Å². The zero-order chi connectivity index (χ0) is 21.7. The summed E-state index contributed by atoms with van der Waals surface area (Å²) in [7, 11) is 3.53.